The molecule has 2 heterocycles. The first-order valence-corrected chi connectivity index (χ1v) is 6.45. The predicted molar refractivity (Wildman–Crippen MR) is 74.8 cm³/mol. The fourth-order valence-corrected chi connectivity index (χ4v) is 2.55. The maximum absolute atomic E-state index is 6.02. The monoisotopic (exact) mass is 276 g/mol. The van der Waals surface area contributed by atoms with Gasteiger partial charge in [-0.15, -0.1) is 0 Å². The number of fused-ring (bicyclic) bond motifs is 1. The van der Waals surface area contributed by atoms with Crippen LogP contribution in [0, 0.1) is 6.92 Å². The molecule has 90 valence electrons. The van der Waals surface area contributed by atoms with Gasteiger partial charge in [-0.2, -0.15) is 9.36 Å². The first-order valence-electron chi connectivity index (χ1n) is 5.30. The summed E-state index contributed by atoms with van der Waals surface area (Å²) in [5.74, 6) is 0.564. The Morgan fingerprint density at radius 2 is 2.06 bits per heavy atom. The molecule has 0 bridgehead atoms. The molecule has 0 fully saturated rings. The summed E-state index contributed by atoms with van der Waals surface area (Å²) in [5, 5.41) is 2.16. The summed E-state index contributed by atoms with van der Waals surface area (Å²) in [6, 6.07) is 7.63. The Morgan fingerprint density at radius 1 is 1.22 bits per heavy atom. The Labute approximate surface area is 113 Å². The molecule has 0 aliphatic carbocycles. The maximum atomic E-state index is 6.02. The third-order valence-electron chi connectivity index (χ3n) is 2.62. The average Bonchev–Trinajstić information content (AvgIpc) is 2.75. The van der Waals surface area contributed by atoms with Crippen molar-refractivity contribution in [1.29, 1.82) is 0 Å². The van der Waals surface area contributed by atoms with E-state index in [4.69, 9.17) is 17.3 Å². The number of nitrogens with two attached hydrogens (primary N) is 1. The van der Waals surface area contributed by atoms with Crippen LogP contribution in [0.5, 0.6) is 0 Å². The van der Waals surface area contributed by atoms with Gasteiger partial charge < -0.3 is 5.73 Å². The lowest BCUT2D eigenvalue weighted by atomic mass is 10.1. The van der Waals surface area contributed by atoms with Gasteiger partial charge >= 0.3 is 0 Å². The third-order valence-corrected chi connectivity index (χ3v) is 3.38. The lowest BCUT2D eigenvalue weighted by Gasteiger charge is -2.04. The molecule has 3 aromatic rings. The summed E-state index contributed by atoms with van der Waals surface area (Å²) < 4.78 is 4.16. The Bertz CT molecular complexity index is 738. The van der Waals surface area contributed by atoms with Gasteiger partial charge in [0, 0.05) is 21.9 Å². The van der Waals surface area contributed by atoms with Crippen molar-refractivity contribution in [1.82, 2.24) is 14.3 Å². The normalized spacial score (nSPS) is 11.0. The number of hydrogen-bond donors (Lipinski definition) is 1. The molecule has 0 unspecified atom stereocenters. The molecule has 4 nitrogen and oxygen atoms in total. The molecular weight excluding hydrogens is 268 g/mol. The van der Waals surface area contributed by atoms with Gasteiger partial charge in [-0.05, 0) is 30.7 Å². The zero-order valence-electron chi connectivity index (χ0n) is 9.51. The van der Waals surface area contributed by atoms with Crippen molar-refractivity contribution in [3.05, 3.63) is 34.9 Å². The summed E-state index contributed by atoms with van der Waals surface area (Å²) in [6.45, 7) is 1.98. The first-order chi connectivity index (χ1) is 8.63. The van der Waals surface area contributed by atoms with Crippen LogP contribution in [0.4, 0.5) is 5.13 Å². The second kappa shape index (κ2) is 4.19. The largest absolute Gasteiger partial charge is 0.374 e. The summed E-state index contributed by atoms with van der Waals surface area (Å²) in [5.41, 5.74) is 8.24. The summed E-state index contributed by atoms with van der Waals surface area (Å²) in [4.78, 5) is 8.70. The van der Waals surface area contributed by atoms with Crippen LogP contribution in [0.25, 0.3) is 22.4 Å². The van der Waals surface area contributed by atoms with Crippen molar-refractivity contribution in [2.24, 2.45) is 0 Å². The molecule has 0 saturated carbocycles. The van der Waals surface area contributed by atoms with Gasteiger partial charge in [-0.1, -0.05) is 17.7 Å². The van der Waals surface area contributed by atoms with Gasteiger partial charge in [0.05, 0.1) is 5.52 Å². The quantitative estimate of drug-likeness (QED) is 0.741. The van der Waals surface area contributed by atoms with E-state index in [9.17, 15) is 0 Å². The standard InChI is InChI=1S/C12H9ClN4S/c1-6-4-8(13)5-7-2-3-9(15-10(6)7)11-16-12(14)18-17-11/h2-5H,1H3,(H2,14,16,17). The molecule has 2 N–H and O–H groups in total. The second-order valence-corrected chi connectivity index (χ2v) is 5.17. The maximum Gasteiger partial charge on any atom is 0.200 e. The highest BCUT2D eigenvalue weighted by molar-refractivity contribution is 7.09. The van der Waals surface area contributed by atoms with Gasteiger partial charge in [0.1, 0.15) is 5.69 Å². The number of aromatic nitrogens is 3. The Morgan fingerprint density at radius 3 is 2.78 bits per heavy atom. The molecule has 1 aromatic carbocycles. The van der Waals surface area contributed by atoms with Crippen LogP contribution in [0.15, 0.2) is 24.3 Å². The van der Waals surface area contributed by atoms with E-state index in [1.165, 1.54) is 11.5 Å². The molecule has 18 heavy (non-hydrogen) atoms. The Hall–Kier alpha value is -1.72. The number of halogens is 1. The summed E-state index contributed by atoms with van der Waals surface area (Å²) in [7, 11) is 0. The minimum Gasteiger partial charge on any atom is -0.374 e. The van der Waals surface area contributed by atoms with Crippen LogP contribution in [0.1, 0.15) is 5.56 Å². The summed E-state index contributed by atoms with van der Waals surface area (Å²) in [6.07, 6.45) is 0. The van der Waals surface area contributed by atoms with E-state index in [0.717, 1.165) is 22.2 Å². The topological polar surface area (TPSA) is 64.7 Å². The van der Waals surface area contributed by atoms with Crippen molar-refractivity contribution in [2.75, 3.05) is 5.73 Å². The van der Waals surface area contributed by atoms with Gasteiger partial charge in [0.25, 0.3) is 0 Å². The smallest absolute Gasteiger partial charge is 0.200 e. The molecule has 0 aliphatic heterocycles. The highest BCUT2D eigenvalue weighted by Gasteiger charge is 2.08. The van der Waals surface area contributed by atoms with E-state index in [2.05, 4.69) is 14.3 Å². The van der Waals surface area contributed by atoms with E-state index in [0.29, 0.717) is 16.0 Å². The number of rotatable bonds is 1. The van der Waals surface area contributed by atoms with E-state index in [1.54, 1.807) is 0 Å². The van der Waals surface area contributed by atoms with Crippen LogP contribution < -0.4 is 5.73 Å². The fourth-order valence-electron chi connectivity index (χ4n) is 1.83. The highest BCUT2D eigenvalue weighted by atomic mass is 35.5. The fraction of sp³-hybridized carbons (Fsp3) is 0.0833. The number of nitrogens with zero attached hydrogens (tertiary/aromatic N) is 3. The van der Waals surface area contributed by atoms with Crippen molar-refractivity contribution < 1.29 is 0 Å². The minimum absolute atomic E-state index is 0.444. The predicted octanol–water partition coefficient (Wildman–Crippen LogP) is 3.30. The van der Waals surface area contributed by atoms with Crippen LogP contribution in [-0.4, -0.2) is 14.3 Å². The van der Waals surface area contributed by atoms with Crippen LogP contribution >= 0.6 is 23.1 Å². The SMILES string of the molecule is Cc1cc(Cl)cc2ccc(-c3nsc(N)n3)nc12. The molecular formula is C12H9ClN4S. The van der Waals surface area contributed by atoms with Gasteiger partial charge in [0.2, 0.25) is 0 Å². The number of hydrogen-bond acceptors (Lipinski definition) is 5. The van der Waals surface area contributed by atoms with Crippen molar-refractivity contribution in [3.8, 4) is 11.5 Å². The number of pyridine rings is 1. The van der Waals surface area contributed by atoms with E-state index >= 15 is 0 Å². The second-order valence-electron chi connectivity index (χ2n) is 3.95. The van der Waals surface area contributed by atoms with Crippen molar-refractivity contribution >= 4 is 39.2 Å². The van der Waals surface area contributed by atoms with Gasteiger partial charge in [-0.25, -0.2) is 4.98 Å². The molecule has 6 heteroatoms. The Kier molecular flexibility index (Phi) is 2.65. The summed E-state index contributed by atoms with van der Waals surface area (Å²) >= 11 is 7.18. The van der Waals surface area contributed by atoms with Gasteiger partial charge in [-0.3, -0.25) is 0 Å². The third kappa shape index (κ3) is 1.91. The zero-order valence-corrected chi connectivity index (χ0v) is 11.1. The van der Waals surface area contributed by atoms with Crippen LogP contribution in [-0.2, 0) is 0 Å². The van der Waals surface area contributed by atoms with Crippen molar-refractivity contribution in [3.63, 3.8) is 0 Å². The molecule has 0 amide bonds. The molecule has 0 spiro atoms. The lowest BCUT2D eigenvalue weighted by Crippen LogP contribution is -1.90. The zero-order chi connectivity index (χ0) is 12.7. The number of benzene rings is 1. The first kappa shape index (κ1) is 11.4. The van der Waals surface area contributed by atoms with Gasteiger partial charge in [0.15, 0.2) is 11.0 Å². The lowest BCUT2D eigenvalue weighted by molar-refractivity contribution is 1.26. The molecule has 0 atom stereocenters. The Balaban J connectivity index is 2.22. The van der Waals surface area contributed by atoms with Crippen molar-refractivity contribution in [2.45, 2.75) is 6.92 Å². The molecule has 2 aromatic heterocycles. The number of anilines is 1. The average molecular weight is 277 g/mol. The molecule has 0 radical (unpaired) electrons. The molecule has 3 rings (SSSR count). The van der Waals surface area contributed by atoms with E-state index in [1.807, 2.05) is 31.2 Å². The van der Waals surface area contributed by atoms with E-state index in [-0.39, 0.29) is 0 Å². The minimum atomic E-state index is 0.444. The van der Waals surface area contributed by atoms with Crippen LogP contribution in [0.3, 0.4) is 0 Å². The number of aryl methyl sites for hydroxylation is 1. The number of nitrogen functional groups attached to an aromatic ring is 1. The molecule has 0 saturated heterocycles. The highest BCUT2D eigenvalue weighted by Crippen LogP contribution is 2.25. The van der Waals surface area contributed by atoms with E-state index < -0.39 is 0 Å². The van der Waals surface area contributed by atoms with Crippen LogP contribution in [0.2, 0.25) is 5.02 Å². The molecule has 0 aliphatic rings.